The number of ether oxygens (including phenoxy) is 1. The Balaban J connectivity index is 1.35. The number of carbonyl (C=O) groups is 4. The lowest BCUT2D eigenvalue weighted by Gasteiger charge is -2.33. The van der Waals surface area contributed by atoms with E-state index in [1.54, 1.807) is 24.3 Å². The van der Waals surface area contributed by atoms with Crippen molar-refractivity contribution in [2.24, 2.45) is 11.8 Å². The first-order chi connectivity index (χ1) is 19.2. The zero-order valence-corrected chi connectivity index (χ0v) is 24.4. The van der Waals surface area contributed by atoms with Crippen LogP contribution in [0.15, 0.2) is 24.3 Å². The molecular weight excluding hydrogens is 554 g/mol. The molecular formula is C29H40ClN3O6S. The molecule has 40 heavy (non-hydrogen) atoms. The highest BCUT2D eigenvalue weighted by Gasteiger charge is 2.46. The number of amides is 3. The zero-order chi connectivity index (χ0) is 28.5. The van der Waals surface area contributed by atoms with Gasteiger partial charge < -0.3 is 20.5 Å². The summed E-state index contributed by atoms with van der Waals surface area (Å²) in [4.78, 5) is 50.7. The molecule has 4 N–H and O–H groups in total. The molecule has 3 atom stereocenters. The van der Waals surface area contributed by atoms with Crippen LogP contribution in [0.25, 0.3) is 0 Å². The third-order valence-corrected chi connectivity index (χ3v) is 9.66. The maximum absolute atomic E-state index is 13.4. The smallest absolute Gasteiger partial charge is 0.417 e. The summed E-state index contributed by atoms with van der Waals surface area (Å²) in [6.07, 6.45) is 10.9. The minimum Gasteiger partial charge on any atom is -0.480 e. The van der Waals surface area contributed by atoms with Gasteiger partial charge in [-0.2, -0.15) is 0 Å². The number of rotatable bonds is 11. The van der Waals surface area contributed by atoms with Gasteiger partial charge >= 0.3 is 12.1 Å². The molecule has 1 aliphatic heterocycles. The molecule has 11 heteroatoms. The number of benzene rings is 1. The molecule has 4 rings (SSSR count). The van der Waals surface area contributed by atoms with Gasteiger partial charge in [0.2, 0.25) is 11.8 Å². The molecule has 0 radical (unpaired) electrons. The van der Waals surface area contributed by atoms with E-state index in [2.05, 4.69) is 15.4 Å². The second-order valence-electron chi connectivity index (χ2n) is 11.5. The summed E-state index contributed by atoms with van der Waals surface area (Å²) >= 11 is 6.93. The Morgan fingerprint density at radius 1 is 1.10 bits per heavy atom. The first-order valence-electron chi connectivity index (χ1n) is 14.4. The SMILES string of the molecule is O=C(NS[C@@H](CC1CCCCC1)C(=O)N[C@@H](CC1CC2(CCCCC2)NC1=O)C(=O)O)OCc1cccc(Cl)c1. The number of nitrogens with one attached hydrogen (secondary N) is 3. The molecule has 3 fully saturated rings. The second kappa shape index (κ2) is 14.4. The summed E-state index contributed by atoms with van der Waals surface area (Å²) in [5.74, 6) is -1.88. The van der Waals surface area contributed by atoms with Crippen LogP contribution in [0.2, 0.25) is 5.02 Å². The van der Waals surface area contributed by atoms with E-state index in [9.17, 15) is 24.3 Å². The minimum absolute atomic E-state index is 0.0263. The molecule has 0 bridgehead atoms. The highest BCUT2D eigenvalue weighted by molar-refractivity contribution is 7.99. The highest BCUT2D eigenvalue weighted by atomic mass is 35.5. The fraction of sp³-hybridized carbons (Fsp3) is 0.655. The van der Waals surface area contributed by atoms with Crippen molar-refractivity contribution < 1.29 is 29.0 Å². The van der Waals surface area contributed by atoms with Gasteiger partial charge in [0.1, 0.15) is 17.9 Å². The molecule has 1 saturated heterocycles. The molecule has 2 saturated carbocycles. The van der Waals surface area contributed by atoms with Gasteiger partial charge in [-0.05, 0) is 67.7 Å². The molecule has 3 amide bonds. The lowest BCUT2D eigenvalue weighted by molar-refractivity contribution is -0.142. The topological polar surface area (TPSA) is 134 Å². The predicted octanol–water partition coefficient (Wildman–Crippen LogP) is 5.35. The lowest BCUT2D eigenvalue weighted by Crippen LogP contribution is -2.47. The summed E-state index contributed by atoms with van der Waals surface area (Å²) < 4.78 is 7.89. The Bertz CT molecular complexity index is 1060. The van der Waals surface area contributed by atoms with E-state index >= 15 is 0 Å². The molecule has 1 heterocycles. The van der Waals surface area contributed by atoms with Crippen molar-refractivity contribution >= 4 is 47.4 Å². The summed E-state index contributed by atoms with van der Waals surface area (Å²) in [6.45, 7) is 0.0263. The van der Waals surface area contributed by atoms with Gasteiger partial charge in [-0.25, -0.2) is 9.59 Å². The number of hydrogen-bond acceptors (Lipinski definition) is 6. The van der Waals surface area contributed by atoms with Gasteiger partial charge in [0.15, 0.2) is 0 Å². The fourth-order valence-electron chi connectivity index (χ4n) is 6.36. The molecule has 220 valence electrons. The molecule has 1 aromatic rings. The Labute approximate surface area is 245 Å². The van der Waals surface area contributed by atoms with Crippen LogP contribution < -0.4 is 15.4 Å². The first kappa shape index (κ1) is 30.5. The Hall–Kier alpha value is -2.46. The second-order valence-corrected chi connectivity index (χ2v) is 13.0. The van der Waals surface area contributed by atoms with Crippen molar-refractivity contribution in [2.75, 3.05) is 0 Å². The Morgan fingerprint density at radius 2 is 1.82 bits per heavy atom. The van der Waals surface area contributed by atoms with Gasteiger partial charge in [0, 0.05) is 16.5 Å². The summed E-state index contributed by atoms with van der Waals surface area (Å²) in [6, 6.07) is 5.80. The average Bonchev–Trinajstić information content (AvgIpc) is 3.23. The van der Waals surface area contributed by atoms with Crippen molar-refractivity contribution in [1.29, 1.82) is 0 Å². The normalized spacial score (nSPS) is 22.2. The van der Waals surface area contributed by atoms with Crippen LogP contribution in [0, 0.1) is 11.8 Å². The van der Waals surface area contributed by atoms with Crippen LogP contribution >= 0.6 is 23.5 Å². The van der Waals surface area contributed by atoms with E-state index in [1.807, 2.05) is 0 Å². The number of carbonyl (C=O) groups excluding carboxylic acids is 3. The van der Waals surface area contributed by atoms with E-state index in [0.717, 1.165) is 75.3 Å². The third kappa shape index (κ3) is 8.77. The largest absolute Gasteiger partial charge is 0.480 e. The van der Waals surface area contributed by atoms with Crippen LogP contribution in [0.5, 0.6) is 0 Å². The highest BCUT2D eigenvalue weighted by Crippen LogP contribution is 2.39. The van der Waals surface area contributed by atoms with Gasteiger partial charge in [0.25, 0.3) is 0 Å². The third-order valence-electron chi connectivity index (χ3n) is 8.45. The van der Waals surface area contributed by atoms with Crippen molar-refractivity contribution in [2.45, 2.75) is 107 Å². The minimum atomic E-state index is -1.19. The number of carboxylic acids is 1. The van der Waals surface area contributed by atoms with Crippen LogP contribution in [0.4, 0.5) is 4.79 Å². The molecule has 1 unspecified atom stereocenters. The van der Waals surface area contributed by atoms with E-state index in [-0.39, 0.29) is 24.5 Å². The predicted molar refractivity (Wildman–Crippen MR) is 154 cm³/mol. The average molecular weight is 594 g/mol. The van der Waals surface area contributed by atoms with Gasteiger partial charge in [-0.3, -0.25) is 14.3 Å². The van der Waals surface area contributed by atoms with E-state index in [1.165, 1.54) is 6.42 Å². The molecule has 2 aliphatic carbocycles. The molecule has 9 nitrogen and oxygen atoms in total. The van der Waals surface area contributed by atoms with E-state index < -0.39 is 35.2 Å². The Morgan fingerprint density at radius 3 is 2.52 bits per heavy atom. The Kier molecular flexibility index (Phi) is 11.0. The van der Waals surface area contributed by atoms with Crippen molar-refractivity contribution in [3.63, 3.8) is 0 Å². The molecule has 1 aromatic carbocycles. The van der Waals surface area contributed by atoms with Gasteiger partial charge in [-0.1, -0.05) is 75.1 Å². The van der Waals surface area contributed by atoms with E-state index in [4.69, 9.17) is 16.3 Å². The summed E-state index contributed by atoms with van der Waals surface area (Å²) in [5.41, 5.74) is 0.501. The molecule has 1 spiro atoms. The van der Waals surface area contributed by atoms with Crippen molar-refractivity contribution in [3.05, 3.63) is 34.9 Å². The maximum Gasteiger partial charge on any atom is 0.417 e. The number of carboxylic acid groups (broad SMARTS) is 1. The number of halogens is 1. The monoisotopic (exact) mass is 593 g/mol. The van der Waals surface area contributed by atoms with Crippen molar-refractivity contribution in [1.82, 2.24) is 15.4 Å². The van der Waals surface area contributed by atoms with Crippen LogP contribution in [-0.4, -0.2) is 45.8 Å². The van der Waals surface area contributed by atoms with E-state index in [0.29, 0.717) is 23.8 Å². The van der Waals surface area contributed by atoms with Gasteiger partial charge in [-0.15, -0.1) is 0 Å². The van der Waals surface area contributed by atoms with Gasteiger partial charge in [0.05, 0.1) is 0 Å². The fourth-order valence-corrected chi connectivity index (χ4v) is 7.41. The first-order valence-corrected chi connectivity index (χ1v) is 15.7. The lowest BCUT2D eigenvalue weighted by atomic mass is 9.78. The summed E-state index contributed by atoms with van der Waals surface area (Å²) in [7, 11) is 0. The molecule has 0 aromatic heterocycles. The van der Waals surface area contributed by atoms with Crippen LogP contribution in [0.3, 0.4) is 0 Å². The standard InChI is InChI=1S/C29H40ClN3O6S/c30-22-11-7-10-20(14-22)18-39-28(38)33-40-24(15-19-8-3-1-4-9-19)26(35)31-23(27(36)37)16-21-17-29(32-25(21)34)12-5-2-6-13-29/h7,10-11,14,19,21,23-24H,1-6,8-9,12-13,15-18H2,(H,31,35)(H,32,34)(H,33,38)(H,36,37)/t21?,23-,24-/m0/s1. The molecule has 3 aliphatic rings. The number of hydrogen-bond donors (Lipinski definition) is 4. The summed E-state index contributed by atoms with van der Waals surface area (Å²) in [5, 5.41) is 15.6. The maximum atomic E-state index is 13.4. The van der Waals surface area contributed by atoms with Crippen LogP contribution in [-0.2, 0) is 25.7 Å². The van der Waals surface area contributed by atoms with Crippen LogP contribution in [0.1, 0.15) is 89.0 Å². The zero-order valence-electron chi connectivity index (χ0n) is 22.8. The quantitative estimate of drug-likeness (QED) is 0.254. The van der Waals surface area contributed by atoms with Crippen molar-refractivity contribution in [3.8, 4) is 0 Å². The number of aliphatic carboxylic acids is 1.